The predicted octanol–water partition coefficient (Wildman–Crippen LogP) is 5.17. The molecule has 0 atom stereocenters. The fourth-order valence-corrected chi connectivity index (χ4v) is 2.76. The number of rotatable bonds is 3. The van der Waals surface area contributed by atoms with Crippen LogP contribution in [0.1, 0.15) is 5.56 Å². The number of nitrogens with two attached hydrogens (primary N) is 1. The van der Waals surface area contributed by atoms with Crippen LogP contribution in [0.4, 0.5) is 11.4 Å². The SMILES string of the molecule is Nc1c(Cl)cc(NC(=O)Cc2ccc(Cl)cc2)c(Cl)c1Br. The second kappa shape index (κ2) is 6.88. The summed E-state index contributed by atoms with van der Waals surface area (Å²) in [7, 11) is 0. The van der Waals surface area contributed by atoms with Gasteiger partial charge in [-0.2, -0.15) is 0 Å². The van der Waals surface area contributed by atoms with E-state index in [1.54, 1.807) is 24.3 Å². The molecule has 1 amide bonds. The smallest absolute Gasteiger partial charge is 0.228 e. The molecule has 2 aromatic carbocycles. The van der Waals surface area contributed by atoms with E-state index in [9.17, 15) is 4.79 Å². The Labute approximate surface area is 145 Å². The van der Waals surface area contributed by atoms with Crippen molar-refractivity contribution in [3.05, 3.63) is 55.4 Å². The van der Waals surface area contributed by atoms with Crippen LogP contribution < -0.4 is 11.1 Å². The van der Waals surface area contributed by atoms with E-state index in [2.05, 4.69) is 21.2 Å². The zero-order valence-corrected chi connectivity index (χ0v) is 14.4. The molecule has 0 spiro atoms. The number of nitrogen functional groups attached to an aromatic ring is 1. The summed E-state index contributed by atoms with van der Waals surface area (Å²) in [6.45, 7) is 0. The van der Waals surface area contributed by atoms with Crippen LogP contribution in [0.15, 0.2) is 34.8 Å². The lowest BCUT2D eigenvalue weighted by molar-refractivity contribution is -0.115. The third kappa shape index (κ3) is 4.04. The lowest BCUT2D eigenvalue weighted by Gasteiger charge is -2.11. The largest absolute Gasteiger partial charge is 0.397 e. The van der Waals surface area contributed by atoms with Gasteiger partial charge in [-0.05, 0) is 39.7 Å². The Morgan fingerprint density at radius 1 is 1.19 bits per heavy atom. The lowest BCUT2D eigenvalue weighted by Crippen LogP contribution is -2.15. The molecule has 0 aromatic heterocycles. The topological polar surface area (TPSA) is 55.1 Å². The average Bonchev–Trinajstić information content (AvgIpc) is 2.45. The minimum absolute atomic E-state index is 0.202. The maximum Gasteiger partial charge on any atom is 0.228 e. The van der Waals surface area contributed by atoms with E-state index in [-0.39, 0.29) is 12.3 Å². The van der Waals surface area contributed by atoms with E-state index in [4.69, 9.17) is 40.5 Å². The molecule has 0 aliphatic carbocycles. The number of nitrogens with one attached hydrogen (secondary N) is 1. The van der Waals surface area contributed by atoms with Gasteiger partial charge in [-0.1, -0.05) is 46.9 Å². The summed E-state index contributed by atoms with van der Waals surface area (Å²) in [4.78, 5) is 12.0. The van der Waals surface area contributed by atoms with E-state index in [0.29, 0.717) is 30.9 Å². The molecule has 0 radical (unpaired) electrons. The van der Waals surface area contributed by atoms with Gasteiger partial charge in [0.25, 0.3) is 0 Å². The summed E-state index contributed by atoms with van der Waals surface area (Å²) in [5, 5.41) is 3.95. The monoisotopic (exact) mass is 406 g/mol. The average molecular weight is 409 g/mol. The molecule has 7 heteroatoms. The molecule has 2 aromatic rings. The van der Waals surface area contributed by atoms with Crippen LogP contribution in [0.2, 0.25) is 15.1 Å². The highest BCUT2D eigenvalue weighted by Gasteiger charge is 2.14. The summed E-state index contributed by atoms with van der Waals surface area (Å²) in [5.41, 5.74) is 7.31. The van der Waals surface area contributed by atoms with Gasteiger partial charge >= 0.3 is 0 Å². The molecular formula is C14H10BrCl3N2O. The third-order valence-corrected chi connectivity index (χ3v) is 4.76. The molecule has 0 aliphatic heterocycles. The van der Waals surface area contributed by atoms with Gasteiger partial charge in [0.05, 0.1) is 32.3 Å². The van der Waals surface area contributed by atoms with E-state index in [0.717, 1.165) is 5.56 Å². The molecule has 110 valence electrons. The maximum absolute atomic E-state index is 12.0. The molecule has 0 fully saturated rings. The minimum Gasteiger partial charge on any atom is -0.397 e. The first-order chi connectivity index (χ1) is 9.88. The van der Waals surface area contributed by atoms with Crippen LogP contribution in [-0.4, -0.2) is 5.91 Å². The van der Waals surface area contributed by atoms with Gasteiger partial charge in [0.2, 0.25) is 5.91 Å². The lowest BCUT2D eigenvalue weighted by atomic mass is 10.1. The third-order valence-electron chi connectivity index (χ3n) is 2.75. The van der Waals surface area contributed by atoms with Crippen molar-refractivity contribution in [2.75, 3.05) is 11.1 Å². The van der Waals surface area contributed by atoms with Crippen LogP contribution in [0.5, 0.6) is 0 Å². The van der Waals surface area contributed by atoms with Crippen molar-refractivity contribution in [1.82, 2.24) is 0 Å². The molecule has 21 heavy (non-hydrogen) atoms. The van der Waals surface area contributed by atoms with Gasteiger partial charge in [0.15, 0.2) is 0 Å². The first-order valence-corrected chi connectivity index (χ1v) is 7.78. The standard InChI is InChI=1S/C14H10BrCl3N2O/c15-12-13(18)10(6-9(17)14(12)19)20-11(21)5-7-1-3-8(16)4-2-7/h1-4,6H,5,19H2,(H,20,21). The quantitative estimate of drug-likeness (QED) is 0.544. The van der Waals surface area contributed by atoms with Crippen molar-refractivity contribution in [3.63, 3.8) is 0 Å². The Hall–Kier alpha value is -0.940. The number of carbonyl (C=O) groups is 1. The maximum atomic E-state index is 12.0. The van der Waals surface area contributed by atoms with Gasteiger partial charge in [-0.3, -0.25) is 4.79 Å². The second-order valence-corrected chi connectivity index (χ2v) is 6.31. The number of benzene rings is 2. The molecular weight excluding hydrogens is 398 g/mol. The van der Waals surface area contributed by atoms with E-state index in [1.165, 1.54) is 6.07 Å². The van der Waals surface area contributed by atoms with Crippen LogP contribution in [-0.2, 0) is 11.2 Å². The molecule has 0 aliphatic rings. The summed E-state index contributed by atoms with van der Waals surface area (Å²) >= 11 is 21.1. The fraction of sp³-hybridized carbons (Fsp3) is 0.0714. The predicted molar refractivity (Wildman–Crippen MR) is 92.4 cm³/mol. The highest BCUT2D eigenvalue weighted by atomic mass is 79.9. The van der Waals surface area contributed by atoms with Crippen molar-refractivity contribution in [2.24, 2.45) is 0 Å². The van der Waals surface area contributed by atoms with Crippen molar-refractivity contribution >= 4 is 68.0 Å². The number of amides is 1. The van der Waals surface area contributed by atoms with Crippen LogP contribution >= 0.6 is 50.7 Å². The van der Waals surface area contributed by atoms with Gasteiger partial charge in [-0.25, -0.2) is 0 Å². The van der Waals surface area contributed by atoms with Crippen LogP contribution in [0.25, 0.3) is 0 Å². The van der Waals surface area contributed by atoms with Crippen molar-refractivity contribution in [1.29, 1.82) is 0 Å². The number of hydrogen-bond acceptors (Lipinski definition) is 2. The Morgan fingerprint density at radius 2 is 1.81 bits per heavy atom. The number of hydrogen-bond donors (Lipinski definition) is 2. The van der Waals surface area contributed by atoms with Crippen molar-refractivity contribution in [2.45, 2.75) is 6.42 Å². The van der Waals surface area contributed by atoms with E-state index < -0.39 is 0 Å². The highest BCUT2D eigenvalue weighted by Crippen LogP contribution is 2.39. The van der Waals surface area contributed by atoms with Gasteiger partial charge in [-0.15, -0.1) is 0 Å². The first-order valence-electron chi connectivity index (χ1n) is 5.85. The van der Waals surface area contributed by atoms with Crippen molar-refractivity contribution in [3.8, 4) is 0 Å². The van der Waals surface area contributed by atoms with E-state index >= 15 is 0 Å². The van der Waals surface area contributed by atoms with Crippen LogP contribution in [0, 0.1) is 0 Å². The number of carbonyl (C=O) groups excluding carboxylic acids is 1. The first kappa shape index (κ1) is 16.4. The normalized spacial score (nSPS) is 10.5. The molecule has 0 saturated heterocycles. The summed E-state index contributed by atoms with van der Waals surface area (Å²) in [6, 6.07) is 8.55. The van der Waals surface area contributed by atoms with Gasteiger partial charge in [0.1, 0.15) is 0 Å². The van der Waals surface area contributed by atoms with Gasteiger partial charge in [0, 0.05) is 5.02 Å². The fourth-order valence-electron chi connectivity index (χ4n) is 1.68. The van der Waals surface area contributed by atoms with E-state index in [1.807, 2.05) is 0 Å². The minimum atomic E-state index is -0.216. The van der Waals surface area contributed by atoms with Crippen LogP contribution in [0.3, 0.4) is 0 Å². The molecule has 2 rings (SSSR count). The molecule has 0 saturated carbocycles. The molecule has 0 heterocycles. The van der Waals surface area contributed by atoms with Crippen molar-refractivity contribution < 1.29 is 4.79 Å². The second-order valence-electron chi connectivity index (χ2n) is 4.30. The molecule has 3 nitrogen and oxygen atoms in total. The Bertz CT molecular complexity index is 690. The summed E-state index contributed by atoms with van der Waals surface area (Å²) < 4.78 is 0.457. The molecule has 0 bridgehead atoms. The number of anilines is 2. The zero-order valence-electron chi connectivity index (χ0n) is 10.6. The number of halogens is 4. The summed E-state index contributed by atoms with van der Waals surface area (Å²) in [5.74, 6) is -0.216. The Morgan fingerprint density at radius 3 is 2.43 bits per heavy atom. The molecule has 0 unspecified atom stereocenters. The van der Waals surface area contributed by atoms with Gasteiger partial charge < -0.3 is 11.1 Å². The zero-order chi connectivity index (χ0) is 15.6. The Balaban J connectivity index is 2.15. The highest BCUT2D eigenvalue weighted by molar-refractivity contribution is 9.10. The Kier molecular flexibility index (Phi) is 5.38. The molecule has 3 N–H and O–H groups in total. The summed E-state index contributed by atoms with van der Waals surface area (Å²) in [6.07, 6.45) is 0.202.